The molecular formula is C14H21ClN2O4. The van der Waals surface area contributed by atoms with Crippen molar-refractivity contribution in [2.24, 2.45) is 0 Å². The second-order valence-electron chi connectivity index (χ2n) is 5.63. The molecule has 0 aliphatic heterocycles. The first-order chi connectivity index (χ1) is 9.69. The van der Waals surface area contributed by atoms with Crippen LogP contribution in [0.15, 0.2) is 18.3 Å². The predicted molar refractivity (Wildman–Crippen MR) is 79.1 cm³/mol. The summed E-state index contributed by atoms with van der Waals surface area (Å²) in [5, 5.41) is 22.8. The minimum atomic E-state index is -1.16. The van der Waals surface area contributed by atoms with Gasteiger partial charge in [-0.15, -0.1) is 0 Å². The molecule has 0 aromatic carbocycles. The summed E-state index contributed by atoms with van der Waals surface area (Å²) >= 11 is 5.79. The Hall–Kier alpha value is -1.37. The summed E-state index contributed by atoms with van der Waals surface area (Å²) in [7, 11) is 0. The highest BCUT2D eigenvalue weighted by atomic mass is 35.5. The number of rotatable bonds is 5. The molecule has 0 aliphatic rings. The van der Waals surface area contributed by atoms with E-state index in [9.17, 15) is 15.0 Å². The fourth-order valence-corrected chi connectivity index (χ4v) is 1.74. The molecule has 0 spiro atoms. The van der Waals surface area contributed by atoms with E-state index in [0.29, 0.717) is 5.02 Å². The zero-order chi connectivity index (χ0) is 16.0. The van der Waals surface area contributed by atoms with E-state index in [0.717, 1.165) is 0 Å². The van der Waals surface area contributed by atoms with Crippen LogP contribution in [0.5, 0.6) is 0 Å². The molecule has 2 atom stereocenters. The fourth-order valence-electron chi connectivity index (χ4n) is 1.57. The maximum atomic E-state index is 11.4. The highest BCUT2D eigenvalue weighted by molar-refractivity contribution is 6.30. The van der Waals surface area contributed by atoms with Gasteiger partial charge in [-0.05, 0) is 39.3 Å². The Kier molecular flexibility index (Phi) is 6.39. The summed E-state index contributed by atoms with van der Waals surface area (Å²) < 4.78 is 5.06. The Balaban J connectivity index is 2.40. The summed E-state index contributed by atoms with van der Waals surface area (Å²) in [5.41, 5.74) is -0.292. The number of aliphatic hydroxyl groups excluding tert-OH is 2. The van der Waals surface area contributed by atoms with Crippen LogP contribution in [0.4, 0.5) is 4.79 Å². The molecule has 2 unspecified atom stereocenters. The van der Waals surface area contributed by atoms with Gasteiger partial charge in [-0.25, -0.2) is 4.79 Å². The van der Waals surface area contributed by atoms with Gasteiger partial charge in [-0.1, -0.05) is 11.6 Å². The molecule has 118 valence electrons. The van der Waals surface area contributed by atoms with Crippen molar-refractivity contribution in [2.75, 3.05) is 6.54 Å². The third-order valence-electron chi connectivity index (χ3n) is 2.52. The van der Waals surface area contributed by atoms with Crippen molar-refractivity contribution in [2.45, 2.75) is 45.0 Å². The molecular weight excluding hydrogens is 296 g/mol. The SMILES string of the molecule is CC(C)(C)OC(=O)NCCC(O)C(O)c1cc(Cl)ccn1. The van der Waals surface area contributed by atoms with E-state index in [-0.39, 0.29) is 18.7 Å². The van der Waals surface area contributed by atoms with Gasteiger partial charge < -0.3 is 20.3 Å². The molecule has 0 fully saturated rings. The van der Waals surface area contributed by atoms with Crippen LogP contribution >= 0.6 is 11.6 Å². The molecule has 0 radical (unpaired) electrons. The van der Waals surface area contributed by atoms with Gasteiger partial charge in [-0.2, -0.15) is 0 Å². The number of halogens is 1. The average Bonchev–Trinajstić information content (AvgIpc) is 2.35. The van der Waals surface area contributed by atoms with Gasteiger partial charge in [0.2, 0.25) is 0 Å². The predicted octanol–water partition coefficient (Wildman–Crippen LogP) is 2.04. The Morgan fingerprint density at radius 1 is 1.48 bits per heavy atom. The van der Waals surface area contributed by atoms with Gasteiger partial charge in [0.05, 0.1) is 11.8 Å². The van der Waals surface area contributed by atoms with Crippen LogP contribution in [-0.2, 0) is 4.74 Å². The van der Waals surface area contributed by atoms with Crippen molar-refractivity contribution in [3.8, 4) is 0 Å². The average molecular weight is 317 g/mol. The number of pyridine rings is 1. The molecule has 21 heavy (non-hydrogen) atoms. The standard InChI is InChI=1S/C14H21ClN2O4/c1-14(2,3)21-13(20)17-7-5-11(18)12(19)10-8-9(15)4-6-16-10/h4,6,8,11-12,18-19H,5,7H2,1-3H3,(H,17,20). The van der Waals surface area contributed by atoms with Crippen molar-refractivity contribution in [3.05, 3.63) is 29.0 Å². The number of carbonyl (C=O) groups excluding carboxylic acids is 1. The van der Waals surface area contributed by atoms with Crippen molar-refractivity contribution in [3.63, 3.8) is 0 Å². The first-order valence-corrected chi connectivity index (χ1v) is 7.01. The molecule has 6 nitrogen and oxygen atoms in total. The van der Waals surface area contributed by atoms with Gasteiger partial charge in [-0.3, -0.25) is 4.98 Å². The number of carbonyl (C=O) groups is 1. The topological polar surface area (TPSA) is 91.7 Å². The molecule has 0 bridgehead atoms. The second kappa shape index (κ2) is 7.59. The first kappa shape index (κ1) is 17.7. The van der Waals surface area contributed by atoms with Crippen molar-refractivity contribution in [1.82, 2.24) is 10.3 Å². The molecule has 0 aliphatic carbocycles. The molecule has 7 heteroatoms. The lowest BCUT2D eigenvalue weighted by Gasteiger charge is -2.21. The number of nitrogens with one attached hydrogen (secondary N) is 1. The molecule has 0 saturated carbocycles. The zero-order valence-corrected chi connectivity index (χ0v) is 13.1. The lowest BCUT2D eigenvalue weighted by atomic mass is 10.1. The Labute approximate surface area is 129 Å². The summed E-state index contributed by atoms with van der Waals surface area (Å²) in [6, 6.07) is 3.06. The Bertz CT molecular complexity index is 476. The number of hydrogen-bond donors (Lipinski definition) is 3. The largest absolute Gasteiger partial charge is 0.444 e. The van der Waals surface area contributed by atoms with Crippen LogP contribution in [0, 0.1) is 0 Å². The molecule has 1 heterocycles. The van der Waals surface area contributed by atoms with Crippen LogP contribution in [0.2, 0.25) is 5.02 Å². The van der Waals surface area contributed by atoms with Gasteiger partial charge in [0, 0.05) is 17.8 Å². The number of alkyl carbamates (subject to hydrolysis) is 1. The third-order valence-corrected chi connectivity index (χ3v) is 2.75. The van der Waals surface area contributed by atoms with Crippen LogP contribution in [0.25, 0.3) is 0 Å². The second-order valence-corrected chi connectivity index (χ2v) is 6.06. The molecule has 1 aromatic rings. The highest BCUT2D eigenvalue weighted by Gasteiger charge is 2.21. The van der Waals surface area contributed by atoms with E-state index in [4.69, 9.17) is 16.3 Å². The van der Waals surface area contributed by atoms with E-state index >= 15 is 0 Å². The fraction of sp³-hybridized carbons (Fsp3) is 0.571. The summed E-state index contributed by atoms with van der Waals surface area (Å²) in [4.78, 5) is 15.4. The zero-order valence-electron chi connectivity index (χ0n) is 12.3. The maximum Gasteiger partial charge on any atom is 0.407 e. The molecule has 3 N–H and O–H groups in total. The quantitative estimate of drug-likeness (QED) is 0.773. The van der Waals surface area contributed by atoms with E-state index < -0.39 is 23.9 Å². The molecule has 1 aromatic heterocycles. The van der Waals surface area contributed by atoms with E-state index in [2.05, 4.69) is 10.3 Å². The number of aliphatic hydroxyl groups is 2. The monoisotopic (exact) mass is 316 g/mol. The molecule has 1 amide bonds. The Morgan fingerprint density at radius 2 is 2.14 bits per heavy atom. The number of aromatic nitrogens is 1. The van der Waals surface area contributed by atoms with Gasteiger partial charge in [0.25, 0.3) is 0 Å². The number of ether oxygens (including phenoxy) is 1. The minimum Gasteiger partial charge on any atom is -0.444 e. The van der Waals surface area contributed by atoms with Crippen molar-refractivity contribution in [1.29, 1.82) is 0 Å². The third kappa shape index (κ3) is 6.75. The van der Waals surface area contributed by atoms with E-state index in [1.54, 1.807) is 26.8 Å². The number of nitrogens with zero attached hydrogens (tertiary/aromatic N) is 1. The van der Waals surface area contributed by atoms with Gasteiger partial charge in [0.15, 0.2) is 0 Å². The smallest absolute Gasteiger partial charge is 0.407 e. The van der Waals surface area contributed by atoms with Crippen LogP contribution in [0.1, 0.15) is 39.0 Å². The first-order valence-electron chi connectivity index (χ1n) is 6.63. The summed E-state index contributed by atoms with van der Waals surface area (Å²) in [5.74, 6) is 0. The van der Waals surface area contributed by atoms with Crippen LogP contribution < -0.4 is 5.32 Å². The van der Waals surface area contributed by atoms with Crippen LogP contribution in [0.3, 0.4) is 0 Å². The van der Waals surface area contributed by atoms with Crippen LogP contribution in [-0.4, -0.2) is 39.5 Å². The van der Waals surface area contributed by atoms with E-state index in [1.165, 1.54) is 12.3 Å². The van der Waals surface area contributed by atoms with Gasteiger partial charge >= 0.3 is 6.09 Å². The maximum absolute atomic E-state index is 11.4. The number of hydrogen-bond acceptors (Lipinski definition) is 5. The lowest BCUT2D eigenvalue weighted by molar-refractivity contribution is 0.00994. The van der Waals surface area contributed by atoms with Crippen molar-refractivity contribution < 1.29 is 19.7 Å². The number of amides is 1. The highest BCUT2D eigenvalue weighted by Crippen LogP contribution is 2.19. The van der Waals surface area contributed by atoms with Gasteiger partial charge in [0.1, 0.15) is 11.7 Å². The van der Waals surface area contributed by atoms with E-state index in [1.807, 2.05) is 0 Å². The summed E-state index contributed by atoms with van der Waals surface area (Å²) in [6.45, 7) is 5.45. The summed E-state index contributed by atoms with van der Waals surface area (Å²) in [6.07, 6.45) is -1.18. The van der Waals surface area contributed by atoms with Crippen molar-refractivity contribution >= 4 is 17.7 Å². The molecule has 1 rings (SSSR count). The normalized spacial score (nSPS) is 14.4. The molecule has 0 saturated heterocycles. The lowest BCUT2D eigenvalue weighted by Crippen LogP contribution is -2.34. The Morgan fingerprint density at radius 3 is 2.71 bits per heavy atom. The minimum absolute atomic E-state index is 0.161.